The molecule has 0 aliphatic rings. The van der Waals surface area contributed by atoms with Crippen LogP contribution in [0.25, 0.3) is 10.9 Å². The van der Waals surface area contributed by atoms with Gasteiger partial charge in [-0.25, -0.2) is 4.57 Å². The molecule has 2 aromatic heterocycles. The second kappa shape index (κ2) is 6.96. The van der Waals surface area contributed by atoms with Gasteiger partial charge >= 0.3 is 0 Å². The highest BCUT2D eigenvalue weighted by molar-refractivity contribution is 6.05. The van der Waals surface area contributed by atoms with Crippen LogP contribution in [0, 0.1) is 0 Å². The maximum absolute atomic E-state index is 13.1. The first-order valence-electron chi connectivity index (χ1n) is 8.58. The number of carbonyl (C=O) groups excluding carboxylic acids is 1. The van der Waals surface area contributed by atoms with Gasteiger partial charge in [0.15, 0.2) is 0 Å². The number of pyridine rings is 1. The third-order valence-corrected chi connectivity index (χ3v) is 4.60. The molecule has 134 valence electrons. The monoisotopic (exact) mass is 358 g/mol. The first-order chi connectivity index (χ1) is 13.2. The van der Waals surface area contributed by atoms with Gasteiger partial charge in [0, 0.05) is 35.3 Å². The molecule has 2 aromatic carbocycles. The molecule has 5 nitrogen and oxygen atoms in total. The second-order valence-electron chi connectivity index (χ2n) is 6.23. The Hall–Kier alpha value is -3.60. The Kier molecular flexibility index (Phi) is 4.34. The zero-order chi connectivity index (χ0) is 18.8. The number of carbonyl (C=O) groups is 1. The molecule has 0 saturated heterocycles. The number of rotatable bonds is 4. The first kappa shape index (κ1) is 16.8. The minimum atomic E-state index is -0.288. The Morgan fingerprint density at radius 1 is 1.07 bits per heavy atom. The van der Waals surface area contributed by atoms with Crippen molar-refractivity contribution in [2.75, 3.05) is 7.11 Å². The van der Waals surface area contributed by atoms with Gasteiger partial charge in [-0.15, -0.1) is 0 Å². The summed E-state index contributed by atoms with van der Waals surface area (Å²) in [5, 5.41) is 11.8. The lowest BCUT2D eigenvalue weighted by Crippen LogP contribution is -2.11. The maximum atomic E-state index is 13.1. The molecule has 4 rings (SSSR count). The maximum Gasteiger partial charge on any atom is 0.265 e. The largest absolute Gasteiger partial charge is 0.497 e. The molecule has 0 radical (unpaired) electrons. The highest BCUT2D eigenvalue weighted by Gasteiger charge is 2.22. The minimum Gasteiger partial charge on any atom is -0.497 e. The van der Waals surface area contributed by atoms with Crippen molar-refractivity contribution in [3.8, 4) is 11.6 Å². The van der Waals surface area contributed by atoms with Gasteiger partial charge in [-0.05, 0) is 42.0 Å². The molecule has 27 heavy (non-hydrogen) atoms. The molecule has 2 heterocycles. The number of aromatic hydroxyl groups is 1. The third kappa shape index (κ3) is 3.04. The normalized spacial score (nSPS) is 10.9. The summed E-state index contributed by atoms with van der Waals surface area (Å²) in [5.74, 6) is 0.343. The number of benzene rings is 2. The van der Waals surface area contributed by atoms with Gasteiger partial charge in [0.1, 0.15) is 5.75 Å². The van der Waals surface area contributed by atoms with E-state index in [1.807, 2.05) is 36.4 Å². The Bertz CT molecular complexity index is 1100. The van der Waals surface area contributed by atoms with E-state index >= 15 is 0 Å². The highest BCUT2D eigenvalue weighted by atomic mass is 16.5. The van der Waals surface area contributed by atoms with Crippen LogP contribution >= 0.6 is 0 Å². The average molecular weight is 358 g/mol. The van der Waals surface area contributed by atoms with Crippen molar-refractivity contribution in [1.82, 2.24) is 9.55 Å². The van der Waals surface area contributed by atoms with Crippen molar-refractivity contribution in [1.29, 1.82) is 0 Å². The van der Waals surface area contributed by atoms with E-state index in [2.05, 4.69) is 4.98 Å². The summed E-state index contributed by atoms with van der Waals surface area (Å²) in [6.45, 7) is 0. The molecule has 0 aliphatic carbocycles. The fraction of sp³-hybridized carbons (Fsp3) is 0.0909. The van der Waals surface area contributed by atoms with E-state index in [4.69, 9.17) is 4.74 Å². The summed E-state index contributed by atoms with van der Waals surface area (Å²) in [6, 6.07) is 18.1. The predicted molar refractivity (Wildman–Crippen MR) is 103 cm³/mol. The smallest absolute Gasteiger partial charge is 0.265 e. The fourth-order valence-corrected chi connectivity index (χ4v) is 3.24. The summed E-state index contributed by atoms with van der Waals surface area (Å²) in [4.78, 5) is 17.2. The van der Waals surface area contributed by atoms with Gasteiger partial charge < -0.3 is 9.84 Å². The summed E-state index contributed by atoms with van der Waals surface area (Å²) in [7, 11) is 1.58. The van der Waals surface area contributed by atoms with Crippen LogP contribution in [0.1, 0.15) is 21.5 Å². The number of para-hydroxylation sites is 1. The number of methoxy groups -OCH3 is 1. The molecular weight excluding hydrogens is 340 g/mol. The Balaban J connectivity index is 1.83. The van der Waals surface area contributed by atoms with Crippen LogP contribution < -0.4 is 4.74 Å². The topological polar surface area (TPSA) is 64.3 Å². The van der Waals surface area contributed by atoms with Gasteiger partial charge in [0.2, 0.25) is 5.88 Å². The summed E-state index contributed by atoms with van der Waals surface area (Å²) >= 11 is 0. The lowest BCUT2D eigenvalue weighted by molar-refractivity contribution is 0.0956. The van der Waals surface area contributed by atoms with Crippen LogP contribution in [0.2, 0.25) is 0 Å². The summed E-state index contributed by atoms with van der Waals surface area (Å²) in [6.07, 6.45) is 3.96. The Morgan fingerprint density at radius 3 is 2.56 bits per heavy atom. The number of ether oxygens (including phenoxy) is 1. The number of hydrogen-bond donors (Lipinski definition) is 1. The molecule has 4 aromatic rings. The molecule has 5 heteroatoms. The van der Waals surface area contributed by atoms with Gasteiger partial charge in [0.05, 0.1) is 12.6 Å². The molecular formula is C22H18N2O3. The van der Waals surface area contributed by atoms with Crippen molar-refractivity contribution in [2.45, 2.75) is 6.42 Å². The van der Waals surface area contributed by atoms with E-state index in [1.165, 1.54) is 4.57 Å². The van der Waals surface area contributed by atoms with Crippen LogP contribution in [-0.2, 0) is 6.42 Å². The van der Waals surface area contributed by atoms with E-state index < -0.39 is 0 Å². The van der Waals surface area contributed by atoms with Crippen molar-refractivity contribution < 1.29 is 14.6 Å². The number of aromatic nitrogens is 2. The van der Waals surface area contributed by atoms with Crippen molar-refractivity contribution >= 4 is 16.8 Å². The number of hydrogen-bond acceptors (Lipinski definition) is 4. The van der Waals surface area contributed by atoms with Crippen LogP contribution in [0.4, 0.5) is 0 Å². The molecule has 0 unspecified atom stereocenters. The molecule has 1 N–H and O–H groups in total. The molecule has 0 fully saturated rings. The summed E-state index contributed by atoms with van der Waals surface area (Å²) in [5.41, 5.74) is 2.82. The van der Waals surface area contributed by atoms with E-state index in [0.717, 1.165) is 10.9 Å². The van der Waals surface area contributed by atoms with Gasteiger partial charge in [-0.1, -0.05) is 24.3 Å². The lowest BCUT2D eigenvalue weighted by Gasteiger charge is -2.07. The Morgan fingerprint density at radius 2 is 1.85 bits per heavy atom. The standard InChI is InChI=1S/C22H18N2O3/c1-27-17-10-8-16(9-11-17)21(25)24-20-7-3-2-6-18(20)19(22(24)26)13-15-5-4-12-23-14-15/h2-12,14,26H,13H2,1H3. The molecule has 0 atom stereocenters. The van der Waals surface area contributed by atoms with Crippen LogP contribution in [0.5, 0.6) is 11.6 Å². The molecule has 0 spiro atoms. The van der Waals surface area contributed by atoms with Crippen molar-refractivity contribution in [2.24, 2.45) is 0 Å². The van der Waals surface area contributed by atoms with E-state index in [-0.39, 0.29) is 11.8 Å². The average Bonchev–Trinajstić information content (AvgIpc) is 3.00. The number of nitrogens with zero attached hydrogens (tertiary/aromatic N) is 2. The fourth-order valence-electron chi connectivity index (χ4n) is 3.24. The van der Waals surface area contributed by atoms with Crippen LogP contribution in [-0.4, -0.2) is 27.7 Å². The van der Waals surface area contributed by atoms with Crippen molar-refractivity contribution in [3.63, 3.8) is 0 Å². The zero-order valence-electron chi connectivity index (χ0n) is 14.8. The highest BCUT2D eigenvalue weighted by Crippen LogP contribution is 2.33. The van der Waals surface area contributed by atoms with E-state index in [9.17, 15) is 9.90 Å². The number of fused-ring (bicyclic) bond motifs is 1. The zero-order valence-corrected chi connectivity index (χ0v) is 14.8. The third-order valence-electron chi connectivity index (χ3n) is 4.60. The summed E-state index contributed by atoms with van der Waals surface area (Å²) < 4.78 is 6.51. The molecule has 0 aliphatic heterocycles. The van der Waals surface area contributed by atoms with Gasteiger partial charge in [-0.3, -0.25) is 9.78 Å². The SMILES string of the molecule is COc1ccc(C(=O)n2c(O)c(Cc3cccnc3)c3ccccc32)cc1. The van der Waals surface area contributed by atoms with Gasteiger partial charge in [-0.2, -0.15) is 0 Å². The Labute approximate surface area is 156 Å². The van der Waals surface area contributed by atoms with E-state index in [1.54, 1.807) is 43.8 Å². The first-order valence-corrected chi connectivity index (χ1v) is 8.58. The van der Waals surface area contributed by atoms with Gasteiger partial charge in [0.25, 0.3) is 5.91 Å². The predicted octanol–water partition coefficient (Wildman–Crippen LogP) is 4.03. The molecule has 0 bridgehead atoms. The van der Waals surface area contributed by atoms with Crippen LogP contribution in [0.3, 0.4) is 0 Å². The molecule has 0 saturated carbocycles. The molecule has 0 amide bonds. The quantitative estimate of drug-likeness (QED) is 0.598. The van der Waals surface area contributed by atoms with Crippen molar-refractivity contribution in [3.05, 3.63) is 89.7 Å². The lowest BCUT2D eigenvalue weighted by atomic mass is 10.1. The van der Waals surface area contributed by atoms with E-state index in [0.29, 0.717) is 28.8 Å². The minimum absolute atomic E-state index is 0.0409. The second-order valence-corrected chi connectivity index (χ2v) is 6.23. The van der Waals surface area contributed by atoms with Crippen LogP contribution in [0.15, 0.2) is 73.1 Å².